The van der Waals surface area contributed by atoms with Crippen molar-refractivity contribution >= 4 is 68.0 Å². The lowest BCUT2D eigenvalue weighted by atomic mass is 9.92. The highest BCUT2D eigenvalue weighted by Crippen LogP contribution is 2.54. The second kappa shape index (κ2) is 7.83. The Morgan fingerprint density at radius 1 is 0.925 bits per heavy atom. The smallest absolute Gasteiger partial charge is 0.259 e. The normalized spacial score (nSPS) is 25.2. The van der Waals surface area contributed by atoms with Crippen LogP contribution in [-0.4, -0.2) is 75.8 Å². The number of amides is 2. The molecule has 2 amide bonds. The van der Waals surface area contributed by atoms with Gasteiger partial charge in [-0.2, -0.15) is 0 Å². The number of benzene rings is 3. The van der Waals surface area contributed by atoms with E-state index in [1.807, 2.05) is 9.13 Å². The highest BCUT2D eigenvalue weighted by molar-refractivity contribution is 6.39. The minimum absolute atomic E-state index is 0.177. The highest BCUT2D eigenvalue weighted by atomic mass is 16.6. The third-order valence-electron chi connectivity index (χ3n) is 8.65. The van der Waals surface area contributed by atoms with E-state index in [-0.39, 0.29) is 11.1 Å². The first kappa shape index (κ1) is 23.5. The third kappa shape index (κ3) is 2.58. The lowest BCUT2D eigenvalue weighted by Gasteiger charge is -2.47. The zero-order chi connectivity index (χ0) is 27.6. The summed E-state index contributed by atoms with van der Waals surface area (Å²) in [7, 11) is 1.43. The Morgan fingerprint density at radius 2 is 1.48 bits per heavy atom. The second-order valence-electron chi connectivity index (χ2n) is 10.4. The summed E-state index contributed by atoms with van der Waals surface area (Å²) in [5, 5.41) is 26.5. The number of imide groups is 1. The molecule has 11 heteroatoms. The second-order valence-corrected chi connectivity index (χ2v) is 10.4. The van der Waals surface area contributed by atoms with E-state index >= 15 is 0 Å². The van der Waals surface area contributed by atoms with Crippen molar-refractivity contribution in [3.05, 3.63) is 58.7 Å². The van der Waals surface area contributed by atoms with E-state index in [4.69, 9.17) is 9.47 Å². The summed E-state index contributed by atoms with van der Waals surface area (Å²) < 4.78 is 15.8. The fourth-order valence-corrected chi connectivity index (χ4v) is 7.14. The van der Waals surface area contributed by atoms with Gasteiger partial charge in [0.05, 0.1) is 34.3 Å². The van der Waals surface area contributed by atoms with E-state index in [9.17, 15) is 29.4 Å². The van der Waals surface area contributed by atoms with Gasteiger partial charge in [-0.15, -0.1) is 0 Å². The molecule has 3 aliphatic heterocycles. The molecule has 3 N–H and O–H groups in total. The number of ether oxygens (including phenoxy) is 2. The maximum atomic E-state index is 13.4. The van der Waals surface area contributed by atoms with E-state index in [0.29, 0.717) is 67.3 Å². The van der Waals surface area contributed by atoms with Gasteiger partial charge < -0.3 is 28.8 Å². The van der Waals surface area contributed by atoms with Gasteiger partial charge in [0.2, 0.25) is 0 Å². The molecule has 3 aromatic carbocycles. The van der Waals surface area contributed by atoms with Gasteiger partial charge in [-0.1, -0.05) is 0 Å². The third-order valence-corrected chi connectivity index (χ3v) is 8.65. The van der Waals surface area contributed by atoms with Crippen LogP contribution in [0.1, 0.15) is 53.7 Å². The number of hydrogen-bond donors (Lipinski definition) is 3. The number of aromatic nitrogens is 2. The predicted molar refractivity (Wildman–Crippen MR) is 142 cm³/mol. The van der Waals surface area contributed by atoms with Gasteiger partial charge in [-0.3, -0.25) is 24.5 Å². The molecule has 0 bridgehead atoms. The topological polar surface area (TPSA) is 149 Å². The van der Waals surface area contributed by atoms with Crippen molar-refractivity contribution in [2.75, 3.05) is 13.7 Å². The van der Waals surface area contributed by atoms with Crippen molar-refractivity contribution in [1.29, 1.82) is 0 Å². The van der Waals surface area contributed by atoms with Crippen LogP contribution in [0.5, 0.6) is 0 Å². The Hall–Kier alpha value is -4.42. The Bertz CT molecular complexity index is 2020. The first-order chi connectivity index (χ1) is 19.4. The average Bonchev–Trinajstić information content (AvgIpc) is 3.58. The molecule has 0 unspecified atom stereocenters. The van der Waals surface area contributed by atoms with Crippen molar-refractivity contribution in [3.63, 3.8) is 0 Å². The van der Waals surface area contributed by atoms with Crippen LogP contribution in [0.4, 0.5) is 0 Å². The molecule has 1 fully saturated rings. The summed E-state index contributed by atoms with van der Waals surface area (Å²) in [6.45, 7) is -0.408. The van der Waals surface area contributed by atoms with Gasteiger partial charge in [-0.25, -0.2) is 0 Å². The van der Waals surface area contributed by atoms with Crippen LogP contribution < -0.4 is 5.32 Å². The number of aldehydes is 2. The van der Waals surface area contributed by atoms with Crippen molar-refractivity contribution in [1.82, 2.24) is 14.5 Å². The molecule has 200 valence electrons. The average molecular weight is 540 g/mol. The number of aliphatic hydroxyl groups is 2. The molecular weight excluding hydrogens is 518 g/mol. The zero-order valence-corrected chi connectivity index (χ0v) is 21.0. The SMILES string of the molecule is CO[C@H]1[C@H](O)[C@H]2[C@@H](O[C@@H]1CO)n1c3ccc(C=O)cc3c3c4c(c5c6cc(C=O)ccc6n2c5c31)C(=O)NC4=O. The first-order valence-corrected chi connectivity index (χ1v) is 12.8. The monoisotopic (exact) mass is 539 g/mol. The van der Waals surface area contributed by atoms with E-state index in [1.165, 1.54) is 7.11 Å². The number of nitrogens with one attached hydrogen (secondary N) is 1. The Labute approximate surface area is 224 Å². The molecule has 3 aliphatic rings. The molecule has 0 spiro atoms. The highest BCUT2D eigenvalue weighted by Gasteiger charge is 2.51. The number of nitrogens with zero attached hydrogens (tertiary/aromatic N) is 2. The minimum Gasteiger partial charge on any atom is -0.394 e. The fraction of sp³-hybridized carbons (Fsp3) is 0.241. The molecule has 5 atom stereocenters. The van der Waals surface area contributed by atoms with Gasteiger partial charge >= 0.3 is 0 Å². The molecule has 2 aromatic heterocycles. The largest absolute Gasteiger partial charge is 0.394 e. The lowest BCUT2D eigenvalue weighted by molar-refractivity contribution is -0.231. The van der Waals surface area contributed by atoms with Crippen LogP contribution >= 0.6 is 0 Å². The van der Waals surface area contributed by atoms with Crippen molar-refractivity contribution < 1.29 is 38.9 Å². The summed E-state index contributed by atoms with van der Waals surface area (Å²) in [6.07, 6.45) is -2.31. The molecule has 0 radical (unpaired) electrons. The van der Waals surface area contributed by atoms with Gasteiger partial charge in [0.15, 0.2) is 6.23 Å². The summed E-state index contributed by atoms with van der Waals surface area (Å²) in [4.78, 5) is 50.2. The number of carbonyl (C=O) groups excluding carboxylic acids is 4. The predicted octanol–water partition coefficient (Wildman–Crippen LogP) is 2.23. The Kier molecular flexibility index (Phi) is 4.59. The summed E-state index contributed by atoms with van der Waals surface area (Å²) >= 11 is 0. The van der Waals surface area contributed by atoms with E-state index in [1.54, 1.807) is 36.4 Å². The summed E-state index contributed by atoms with van der Waals surface area (Å²) in [5.41, 5.74) is 3.55. The number of rotatable bonds is 4. The maximum absolute atomic E-state index is 13.4. The molecule has 0 aliphatic carbocycles. The zero-order valence-electron chi connectivity index (χ0n) is 21.0. The molecule has 11 nitrogen and oxygen atoms in total. The van der Waals surface area contributed by atoms with Crippen LogP contribution in [-0.2, 0) is 9.47 Å². The number of fused-ring (bicyclic) bond motifs is 12. The Balaban J connectivity index is 1.67. The van der Waals surface area contributed by atoms with Crippen LogP contribution in [0.2, 0.25) is 0 Å². The van der Waals surface area contributed by atoms with Gasteiger partial charge in [0.1, 0.15) is 36.9 Å². The van der Waals surface area contributed by atoms with Crippen molar-refractivity contribution in [2.24, 2.45) is 0 Å². The number of aliphatic hydroxyl groups excluding tert-OH is 2. The summed E-state index contributed by atoms with van der Waals surface area (Å²) in [6, 6.07) is 9.36. The molecule has 8 rings (SSSR count). The van der Waals surface area contributed by atoms with Gasteiger partial charge in [0, 0.05) is 45.3 Å². The molecular formula is C29H21N3O8. The summed E-state index contributed by atoms with van der Waals surface area (Å²) in [5.74, 6) is -1.13. The first-order valence-electron chi connectivity index (χ1n) is 12.8. The van der Waals surface area contributed by atoms with Crippen LogP contribution in [0.25, 0.3) is 43.6 Å². The molecule has 5 aromatic rings. The van der Waals surface area contributed by atoms with Gasteiger partial charge in [0.25, 0.3) is 11.8 Å². The molecule has 5 heterocycles. The van der Waals surface area contributed by atoms with Crippen LogP contribution in [0.3, 0.4) is 0 Å². The molecule has 1 saturated heterocycles. The molecule has 40 heavy (non-hydrogen) atoms. The van der Waals surface area contributed by atoms with E-state index in [2.05, 4.69) is 5.32 Å². The lowest BCUT2D eigenvalue weighted by Crippen LogP contribution is -2.55. The maximum Gasteiger partial charge on any atom is 0.259 e. The van der Waals surface area contributed by atoms with Gasteiger partial charge in [-0.05, 0) is 36.4 Å². The van der Waals surface area contributed by atoms with Crippen molar-refractivity contribution in [3.8, 4) is 0 Å². The van der Waals surface area contributed by atoms with E-state index < -0.39 is 49.0 Å². The Morgan fingerprint density at radius 3 is 2.00 bits per heavy atom. The quantitative estimate of drug-likeness (QED) is 0.233. The van der Waals surface area contributed by atoms with E-state index in [0.717, 1.165) is 0 Å². The van der Waals surface area contributed by atoms with Crippen LogP contribution in [0.15, 0.2) is 36.4 Å². The van der Waals surface area contributed by atoms with Crippen molar-refractivity contribution in [2.45, 2.75) is 30.6 Å². The number of methoxy groups -OCH3 is 1. The minimum atomic E-state index is -1.15. The fourth-order valence-electron chi connectivity index (χ4n) is 7.14. The molecule has 0 saturated carbocycles. The number of hydrogen-bond acceptors (Lipinski definition) is 8. The standard InChI is InChI=1S/C29H21N3O8/c1-39-26-17(10-35)40-29-24(25(26)36)31-15-4-2-11(8-33)6-13(15)18-20-21(28(38)30-27(20)37)19-14-7-12(9-34)3-5-16(14)32(29)23(19)22(18)31/h2-9,17,24-26,29,35-36H,10H2,1H3,(H,30,37,38)/t17-,24+,25-,26-,29-/m1/s1. The van der Waals surface area contributed by atoms with Crippen LogP contribution in [0, 0.1) is 0 Å². The number of carbonyl (C=O) groups is 4.